The quantitative estimate of drug-likeness (QED) is 0.225. The van der Waals surface area contributed by atoms with Crippen molar-refractivity contribution in [3.8, 4) is 17.6 Å². The molecule has 3 aromatic carbocycles. The van der Waals surface area contributed by atoms with Crippen molar-refractivity contribution in [3.63, 3.8) is 0 Å². The number of alkyl halides is 3. The maximum absolute atomic E-state index is 12.5. The highest BCUT2D eigenvalue weighted by Crippen LogP contribution is 2.33. The molecule has 1 aliphatic rings. The Morgan fingerprint density at radius 3 is 2.44 bits per heavy atom. The van der Waals surface area contributed by atoms with Crippen LogP contribution in [0.4, 0.5) is 18.9 Å². The predicted octanol–water partition coefficient (Wildman–Crippen LogP) is 6.07. The second-order valence-electron chi connectivity index (χ2n) is 10.2. The highest BCUT2D eigenvalue weighted by Gasteiger charge is 2.29. The molecule has 1 N–H and O–H groups in total. The molecule has 0 aromatic heterocycles. The SMILES string of the molecule is C[C@H](Cc1cc(C#N)c2c(c1)CCN2CCCOCc1ccccc1)NCCOc1ccccc1OCC(F)(F)F. The summed E-state index contributed by atoms with van der Waals surface area (Å²) in [6.45, 7) is 4.48. The average Bonchev–Trinajstić information content (AvgIpc) is 3.37. The van der Waals surface area contributed by atoms with E-state index in [2.05, 4.69) is 41.4 Å². The Morgan fingerprint density at radius 1 is 0.976 bits per heavy atom. The van der Waals surface area contributed by atoms with E-state index >= 15 is 0 Å². The van der Waals surface area contributed by atoms with Crippen LogP contribution in [-0.4, -0.2) is 51.7 Å². The lowest BCUT2D eigenvalue weighted by Crippen LogP contribution is -2.32. The monoisotopic (exact) mass is 567 g/mol. The van der Waals surface area contributed by atoms with E-state index in [4.69, 9.17) is 14.2 Å². The Bertz CT molecular complexity index is 1290. The number of nitrogens with zero attached hydrogens (tertiary/aromatic N) is 2. The summed E-state index contributed by atoms with van der Waals surface area (Å²) in [4.78, 5) is 2.29. The van der Waals surface area contributed by atoms with Gasteiger partial charge in [0.25, 0.3) is 0 Å². The van der Waals surface area contributed by atoms with E-state index in [9.17, 15) is 18.4 Å². The van der Waals surface area contributed by atoms with Gasteiger partial charge in [0.2, 0.25) is 0 Å². The maximum Gasteiger partial charge on any atom is 0.422 e. The van der Waals surface area contributed by atoms with E-state index in [1.807, 2.05) is 24.3 Å². The number of fused-ring (bicyclic) bond motifs is 1. The van der Waals surface area contributed by atoms with Crippen LogP contribution < -0.4 is 19.7 Å². The van der Waals surface area contributed by atoms with Crippen molar-refractivity contribution in [3.05, 3.63) is 89.0 Å². The van der Waals surface area contributed by atoms with Crippen molar-refractivity contribution < 1.29 is 27.4 Å². The summed E-state index contributed by atoms with van der Waals surface area (Å²) in [5.41, 5.74) is 5.20. The lowest BCUT2D eigenvalue weighted by atomic mass is 9.99. The smallest absolute Gasteiger partial charge is 0.422 e. The standard InChI is InChI=1S/C32H36F3N3O3/c1-24(37-13-17-40-29-10-5-6-11-30(29)41-23-32(33,34)35)18-26-19-27-12-15-38(31(27)28(20-26)21-36)14-7-16-39-22-25-8-3-2-4-9-25/h2-6,8-11,19-20,24,37H,7,12-18,22-23H2,1H3/t24-/m1/s1. The maximum atomic E-state index is 12.5. The molecule has 6 nitrogen and oxygen atoms in total. The first-order valence-corrected chi connectivity index (χ1v) is 13.9. The van der Waals surface area contributed by atoms with Gasteiger partial charge in [0, 0.05) is 32.3 Å². The molecule has 0 fully saturated rings. The summed E-state index contributed by atoms with van der Waals surface area (Å²) < 4.78 is 53.9. The Hall–Kier alpha value is -3.74. The Balaban J connectivity index is 1.22. The van der Waals surface area contributed by atoms with Crippen LogP contribution >= 0.6 is 0 Å². The summed E-state index contributed by atoms with van der Waals surface area (Å²) in [5, 5.41) is 13.3. The van der Waals surface area contributed by atoms with Crippen molar-refractivity contribution in [1.82, 2.24) is 5.32 Å². The molecule has 41 heavy (non-hydrogen) atoms. The lowest BCUT2D eigenvalue weighted by Gasteiger charge is -2.21. The molecule has 3 aromatic rings. The third-order valence-electron chi connectivity index (χ3n) is 6.80. The number of halogens is 3. The zero-order valence-electron chi connectivity index (χ0n) is 23.3. The fourth-order valence-corrected chi connectivity index (χ4v) is 4.98. The number of nitriles is 1. The van der Waals surface area contributed by atoms with Gasteiger partial charge in [-0.3, -0.25) is 0 Å². The lowest BCUT2D eigenvalue weighted by molar-refractivity contribution is -0.153. The first-order valence-electron chi connectivity index (χ1n) is 13.9. The van der Waals surface area contributed by atoms with Gasteiger partial charge < -0.3 is 24.4 Å². The molecule has 0 unspecified atom stereocenters. The summed E-state index contributed by atoms with van der Waals surface area (Å²) in [6.07, 6.45) is -1.88. The van der Waals surface area contributed by atoms with Crippen molar-refractivity contribution in [2.75, 3.05) is 44.4 Å². The highest BCUT2D eigenvalue weighted by molar-refractivity contribution is 5.68. The van der Waals surface area contributed by atoms with Gasteiger partial charge in [0.15, 0.2) is 18.1 Å². The summed E-state index contributed by atoms with van der Waals surface area (Å²) in [6, 6.07) is 23.1. The molecule has 0 amide bonds. The van der Waals surface area contributed by atoms with Crippen LogP contribution in [0.3, 0.4) is 0 Å². The molecule has 218 valence electrons. The first-order chi connectivity index (χ1) is 19.8. The minimum atomic E-state index is -4.41. The molecule has 1 atom stereocenters. The number of rotatable bonds is 15. The Morgan fingerprint density at radius 2 is 1.71 bits per heavy atom. The van der Waals surface area contributed by atoms with Gasteiger partial charge in [-0.05, 0) is 61.1 Å². The molecule has 1 aliphatic heterocycles. The summed E-state index contributed by atoms with van der Waals surface area (Å²) in [5.74, 6) is 0.338. The average molecular weight is 568 g/mol. The molecule has 0 saturated carbocycles. The largest absolute Gasteiger partial charge is 0.488 e. The molecule has 0 aliphatic carbocycles. The predicted molar refractivity (Wildman–Crippen MR) is 152 cm³/mol. The summed E-state index contributed by atoms with van der Waals surface area (Å²) in [7, 11) is 0. The fourth-order valence-electron chi connectivity index (χ4n) is 4.98. The molecule has 9 heteroatoms. The number of para-hydroxylation sites is 2. The van der Waals surface area contributed by atoms with Crippen LogP contribution in [-0.2, 0) is 24.2 Å². The molecular formula is C32H36F3N3O3. The Labute approximate surface area is 239 Å². The minimum absolute atomic E-state index is 0.0637. The van der Waals surface area contributed by atoms with E-state index in [1.54, 1.807) is 18.2 Å². The molecule has 0 spiro atoms. The van der Waals surface area contributed by atoms with E-state index in [0.717, 1.165) is 49.2 Å². The van der Waals surface area contributed by atoms with Crippen molar-refractivity contribution in [2.24, 2.45) is 0 Å². The zero-order chi connectivity index (χ0) is 29.1. The van der Waals surface area contributed by atoms with Gasteiger partial charge in [0.1, 0.15) is 12.7 Å². The van der Waals surface area contributed by atoms with Crippen LogP contribution in [0.25, 0.3) is 0 Å². The highest BCUT2D eigenvalue weighted by atomic mass is 19.4. The van der Waals surface area contributed by atoms with Gasteiger partial charge >= 0.3 is 6.18 Å². The second-order valence-corrected chi connectivity index (χ2v) is 10.2. The van der Waals surface area contributed by atoms with E-state index in [1.165, 1.54) is 11.6 Å². The van der Waals surface area contributed by atoms with Crippen LogP contribution in [0.5, 0.6) is 11.5 Å². The number of hydrogen-bond donors (Lipinski definition) is 1. The van der Waals surface area contributed by atoms with Crippen molar-refractivity contribution in [1.29, 1.82) is 5.26 Å². The van der Waals surface area contributed by atoms with Gasteiger partial charge in [0.05, 0.1) is 17.9 Å². The van der Waals surface area contributed by atoms with Gasteiger partial charge in [-0.15, -0.1) is 0 Å². The fraction of sp³-hybridized carbons (Fsp3) is 0.406. The van der Waals surface area contributed by atoms with Crippen LogP contribution in [0.1, 0.15) is 35.6 Å². The minimum Gasteiger partial charge on any atom is -0.488 e. The van der Waals surface area contributed by atoms with Crippen LogP contribution in [0.2, 0.25) is 0 Å². The van der Waals surface area contributed by atoms with Gasteiger partial charge in [-0.25, -0.2) is 0 Å². The van der Waals surface area contributed by atoms with Gasteiger partial charge in [-0.2, -0.15) is 18.4 Å². The number of ether oxygens (including phenoxy) is 3. The normalized spacial score (nSPS) is 13.5. The third-order valence-corrected chi connectivity index (χ3v) is 6.80. The zero-order valence-corrected chi connectivity index (χ0v) is 23.3. The molecule has 0 bridgehead atoms. The number of benzene rings is 3. The molecule has 1 heterocycles. The first kappa shape index (κ1) is 30.2. The van der Waals surface area contributed by atoms with Crippen molar-refractivity contribution >= 4 is 5.69 Å². The van der Waals surface area contributed by atoms with E-state index in [-0.39, 0.29) is 24.1 Å². The third kappa shape index (κ3) is 9.41. The second kappa shape index (κ2) is 14.8. The number of nitrogens with one attached hydrogen (secondary N) is 1. The van der Waals surface area contributed by atoms with Crippen LogP contribution in [0, 0.1) is 11.3 Å². The van der Waals surface area contributed by atoms with Gasteiger partial charge in [-0.1, -0.05) is 48.5 Å². The Kier molecular flexibility index (Phi) is 10.9. The molecule has 0 radical (unpaired) electrons. The molecule has 0 saturated heterocycles. The van der Waals surface area contributed by atoms with E-state index in [0.29, 0.717) is 25.3 Å². The molecule has 4 rings (SSSR count). The van der Waals surface area contributed by atoms with Crippen LogP contribution in [0.15, 0.2) is 66.7 Å². The van der Waals surface area contributed by atoms with Crippen molar-refractivity contribution in [2.45, 2.75) is 45.0 Å². The summed E-state index contributed by atoms with van der Waals surface area (Å²) >= 11 is 0. The number of hydrogen-bond acceptors (Lipinski definition) is 6. The molecular weight excluding hydrogens is 531 g/mol. The topological polar surface area (TPSA) is 66.8 Å². The van der Waals surface area contributed by atoms with E-state index < -0.39 is 12.8 Å². The number of anilines is 1.